The number of benzene rings is 3. The molecular weight excluding hydrogens is 654 g/mol. The van der Waals surface area contributed by atoms with Crippen molar-refractivity contribution < 1.29 is 28.6 Å². The van der Waals surface area contributed by atoms with Crippen molar-refractivity contribution >= 4 is 28.6 Å². The monoisotopic (exact) mass is 703 g/mol. The van der Waals surface area contributed by atoms with Crippen LogP contribution in [0.2, 0.25) is 0 Å². The third kappa shape index (κ3) is 7.13. The molecule has 5 aliphatic rings. The van der Waals surface area contributed by atoms with E-state index in [-0.39, 0.29) is 76.6 Å². The summed E-state index contributed by atoms with van der Waals surface area (Å²) in [6, 6.07) is 19.0. The number of allylic oxidation sites excluding steroid dienone is 1. The van der Waals surface area contributed by atoms with Crippen LogP contribution in [0.5, 0.6) is 11.5 Å². The van der Waals surface area contributed by atoms with Gasteiger partial charge in [-0.15, -0.1) is 0 Å². The predicted octanol–water partition coefficient (Wildman–Crippen LogP) is 7.41. The summed E-state index contributed by atoms with van der Waals surface area (Å²) in [6.07, 6.45) is 11.6. The Bertz CT molecular complexity index is 1910. The van der Waals surface area contributed by atoms with E-state index in [0.717, 1.165) is 42.0 Å². The topological polar surface area (TPSA) is 127 Å². The molecule has 5 aliphatic carbocycles. The van der Waals surface area contributed by atoms with E-state index in [4.69, 9.17) is 14.2 Å². The number of nitriles is 1. The van der Waals surface area contributed by atoms with Gasteiger partial charge in [-0.2, -0.15) is 5.26 Å². The second kappa shape index (κ2) is 14.7. The number of hydrogen-bond acceptors (Lipinski definition) is 7. The summed E-state index contributed by atoms with van der Waals surface area (Å²) in [5.41, 5.74) is 0.987. The maximum absolute atomic E-state index is 14.0. The van der Waals surface area contributed by atoms with Crippen molar-refractivity contribution in [1.29, 1.82) is 5.26 Å². The van der Waals surface area contributed by atoms with Crippen molar-refractivity contribution in [2.45, 2.75) is 90.4 Å². The van der Waals surface area contributed by atoms with Gasteiger partial charge in [-0.25, -0.2) is 0 Å². The van der Waals surface area contributed by atoms with E-state index in [1.807, 2.05) is 49.4 Å². The molecular formula is C43H49N3O6. The van der Waals surface area contributed by atoms with E-state index in [0.29, 0.717) is 38.0 Å². The maximum Gasteiger partial charge on any atom is 0.312 e. The van der Waals surface area contributed by atoms with Crippen molar-refractivity contribution in [3.8, 4) is 17.6 Å². The predicted molar refractivity (Wildman–Crippen MR) is 198 cm³/mol. The van der Waals surface area contributed by atoms with Crippen LogP contribution in [0.25, 0.3) is 10.8 Å². The summed E-state index contributed by atoms with van der Waals surface area (Å²) in [5, 5.41) is 18.6. The minimum absolute atomic E-state index is 0.00460. The summed E-state index contributed by atoms with van der Waals surface area (Å²) in [7, 11) is 1.47. The number of nitrogens with zero attached hydrogens (tertiary/aromatic N) is 1. The molecule has 9 heteroatoms. The third-order valence-electron chi connectivity index (χ3n) is 12.3. The van der Waals surface area contributed by atoms with Crippen LogP contribution in [0.3, 0.4) is 0 Å². The highest BCUT2D eigenvalue weighted by Crippen LogP contribution is 2.44. The Balaban J connectivity index is 1.01. The number of nitrogens with one attached hydrogen (secondary N) is 2. The first kappa shape index (κ1) is 35.6. The number of carbonyl (C=O) groups excluding carboxylic acids is 3. The van der Waals surface area contributed by atoms with E-state index < -0.39 is 5.41 Å². The van der Waals surface area contributed by atoms with Crippen LogP contribution in [0.1, 0.15) is 93.1 Å². The lowest BCUT2D eigenvalue weighted by Crippen LogP contribution is -2.57. The van der Waals surface area contributed by atoms with Crippen LogP contribution >= 0.6 is 0 Å². The summed E-state index contributed by atoms with van der Waals surface area (Å²) in [6.45, 7) is 5.02. The molecule has 2 bridgehead atoms. The fourth-order valence-corrected chi connectivity index (χ4v) is 8.71. The van der Waals surface area contributed by atoms with E-state index in [2.05, 4.69) is 35.8 Å². The Hall–Kier alpha value is -4.84. The van der Waals surface area contributed by atoms with Crippen molar-refractivity contribution in [3.63, 3.8) is 0 Å². The molecule has 9 nitrogen and oxygen atoms in total. The standard InChI is InChI=1S/C43H49N3O6/c1-42(18-7-19-42)26-45-40(48)37-28-12-14-29(15-13-28)38(37)46-39(47)34-23-35(31(24-44)22-36(34)50-3)52-32-16-20-43(2,21-17-32)41(49)51-25-30-10-6-9-27-8-4-5-11-33(27)30/h4-6,8-12,14,22-23,28-29,32,37-38H,7,13,15-21,25-26H2,1-3H3,(H,45,48)(H,46,47)/t28-,29+,32?,37-,38+,43?/m0/s1. The van der Waals surface area contributed by atoms with Crippen LogP contribution < -0.4 is 20.1 Å². The van der Waals surface area contributed by atoms with Gasteiger partial charge in [0.25, 0.3) is 5.91 Å². The van der Waals surface area contributed by atoms with Crippen LogP contribution in [-0.2, 0) is 20.9 Å². The lowest BCUT2D eigenvalue weighted by Gasteiger charge is -2.45. The maximum atomic E-state index is 14.0. The van der Waals surface area contributed by atoms with E-state index in [9.17, 15) is 19.6 Å². The molecule has 3 aromatic carbocycles. The molecule has 0 spiro atoms. The Kier molecular flexibility index (Phi) is 10.0. The van der Waals surface area contributed by atoms with Crippen molar-refractivity contribution in [1.82, 2.24) is 10.6 Å². The Labute approximate surface area is 306 Å². The van der Waals surface area contributed by atoms with E-state index in [1.54, 1.807) is 6.07 Å². The number of esters is 1. The summed E-state index contributed by atoms with van der Waals surface area (Å²) in [4.78, 5) is 41.0. The summed E-state index contributed by atoms with van der Waals surface area (Å²) >= 11 is 0. The molecule has 0 aliphatic heterocycles. The lowest BCUT2D eigenvalue weighted by molar-refractivity contribution is -0.159. The molecule has 3 fully saturated rings. The normalized spacial score (nSPS) is 27.2. The number of carbonyl (C=O) groups is 3. The van der Waals surface area contributed by atoms with Gasteiger partial charge in [0.05, 0.1) is 35.7 Å². The molecule has 2 N–H and O–H groups in total. The van der Waals surface area contributed by atoms with Crippen molar-refractivity contribution in [2.24, 2.45) is 28.6 Å². The van der Waals surface area contributed by atoms with Crippen LogP contribution in [0, 0.1) is 39.9 Å². The first-order valence-electron chi connectivity index (χ1n) is 18.8. The number of methoxy groups -OCH3 is 1. The fraction of sp³-hybridized carbons (Fsp3) is 0.488. The van der Waals surface area contributed by atoms with E-state index in [1.165, 1.54) is 19.6 Å². The molecule has 8 rings (SSSR count). The zero-order valence-electron chi connectivity index (χ0n) is 30.4. The molecule has 52 heavy (non-hydrogen) atoms. The molecule has 2 amide bonds. The van der Waals surface area contributed by atoms with Gasteiger partial charge in [0.15, 0.2) is 0 Å². The largest absolute Gasteiger partial charge is 0.496 e. The van der Waals surface area contributed by atoms with Crippen LogP contribution in [0.4, 0.5) is 0 Å². The van der Waals surface area contributed by atoms with Gasteiger partial charge in [0, 0.05) is 18.7 Å². The zero-order chi connectivity index (χ0) is 36.5. The molecule has 272 valence electrons. The van der Waals surface area contributed by atoms with E-state index >= 15 is 0 Å². The van der Waals surface area contributed by atoms with Gasteiger partial charge in [-0.3, -0.25) is 14.4 Å². The third-order valence-corrected chi connectivity index (χ3v) is 12.3. The van der Waals surface area contributed by atoms with Crippen molar-refractivity contribution in [3.05, 3.63) is 83.4 Å². The number of ether oxygens (including phenoxy) is 3. The minimum Gasteiger partial charge on any atom is -0.496 e. The van der Waals surface area contributed by atoms with Gasteiger partial charge in [0.1, 0.15) is 24.2 Å². The number of fused-ring (bicyclic) bond motifs is 3. The Morgan fingerprint density at radius 3 is 2.33 bits per heavy atom. The van der Waals surface area contributed by atoms with Gasteiger partial charge in [0.2, 0.25) is 5.91 Å². The number of hydrogen-bond donors (Lipinski definition) is 2. The highest BCUT2D eigenvalue weighted by atomic mass is 16.5. The Morgan fingerprint density at radius 1 is 0.904 bits per heavy atom. The van der Waals surface area contributed by atoms with Crippen LogP contribution in [0.15, 0.2) is 66.7 Å². The average Bonchev–Trinajstić information content (AvgIpc) is 3.16. The SMILES string of the molecule is COc1cc(C#N)c(OC2CCC(C)(C(=O)OCc3cccc4ccccc34)CC2)cc1C(=O)N[C@H]1[C@@H](C(=O)NCC2(C)CCC2)[C@H]2C=C[C@@H]1CC2. The minimum atomic E-state index is -0.653. The summed E-state index contributed by atoms with van der Waals surface area (Å²) in [5.74, 6) is -0.267. The second-order valence-corrected chi connectivity index (χ2v) is 15.9. The number of rotatable bonds is 11. The first-order chi connectivity index (χ1) is 25.1. The van der Waals surface area contributed by atoms with Gasteiger partial charge < -0.3 is 24.8 Å². The number of amides is 2. The molecule has 3 saturated carbocycles. The van der Waals surface area contributed by atoms with Gasteiger partial charge in [-0.05, 0) is 97.9 Å². The second-order valence-electron chi connectivity index (χ2n) is 15.9. The molecule has 3 aromatic rings. The molecule has 0 radical (unpaired) electrons. The first-order valence-corrected chi connectivity index (χ1v) is 18.8. The summed E-state index contributed by atoms with van der Waals surface area (Å²) < 4.78 is 17.9. The molecule has 0 saturated heterocycles. The fourth-order valence-electron chi connectivity index (χ4n) is 8.71. The quantitative estimate of drug-likeness (QED) is 0.157. The molecule has 0 aromatic heterocycles. The average molecular weight is 704 g/mol. The van der Waals surface area contributed by atoms with Gasteiger partial charge >= 0.3 is 5.97 Å². The van der Waals surface area contributed by atoms with Crippen LogP contribution in [-0.4, -0.2) is 43.6 Å². The molecule has 4 atom stereocenters. The lowest BCUT2D eigenvalue weighted by atomic mass is 9.65. The molecule has 0 unspecified atom stereocenters. The van der Waals surface area contributed by atoms with Gasteiger partial charge in [-0.1, -0.05) is 68.0 Å². The molecule has 0 heterocycles. The Morgan fingerprint density at radius 2 is 1.63 bits per heavy atom. The smallest absolute Gasteiger partial charge is 0.312 e. The zero-order valence-corrected chi connectivity index (χ0v) is 30.4. The highest BCUT2D eigenvalue weighted by Gasteiger charge is 2.46. The van der Waals surface area contributed by atoms with Crippen molar-refractivity contribution in [2.75, 3.05) is 13.7 Å². The highest BCUT2D eigenvalue weighted by molar-refractivity contribution is 5.98.